The predicted octanol–water partition coefficient (Wildman–Crippen LogP) is 5.16. The van der Waals surface area contributed by atoms with Gasteiger partial charge in [-0.15, -0.1) is 0 Å². The fraction of sp³-hybridized carbons (Fsp3) is 0.371. The molecule has 1 aliphatic carbocycles. The number of benzene rings is 3. The molecule has 224 valence electrons. The number of hydrogen-bond donors (Lipinski definition) is 1. The van der Waals surface area contributed by atoms with E-state index in [2.05, 4.69) is 5.32 Å². The predicted molar refractivity (Wildman–Crippen MR) is 164 cm³/mol. The summed E-state index contributed by atoms with van der Waals surface area (Å²) in [5.41, 5.74) is 2.58. The number of nitrogens with zero attached hydrogens (tertiary/aromatic N) is 2. The second-order valence-corrected chi connectivity index (χ2v) is 11.3. The average Bonchev–Trinajstić information content (AvgIpc) is 3.28. The van der Waals surface area contributed by atoms with Crippen LogP contribution in [0.2, 0.25) is 0 Å². The van der Waals surface area contributed by atoms with Gasteiger partial charge in [0.15, 0.2) is 0 Å². The molecule has 8 nitrogen and oxygen atoms in total. The Labute approximate surface area is 253 Å². The Bertz CT molecular complexity index is 1420. The summed E-state index contributed by atoms with van der Waals surface area (Å²) < 4.78 is 5.42. The van der Waals surface area contributed by atoms with Crippen LogP contribution in [0.25, 0.3) is 0 Å². The lowest BCUT2D eigenvalue weighted by molar-refractivity contribution is -0.141. The van der Waals surface area contributed by atoms with Crippen LogP contribution in [0.5, 0.6) is 5.75 Å². The van der Waals surface area contributed by atoms with E-state index >= 15 is 0 Å². The monoisotopic (exact) mass is 581 g/mol. The van der Waals surface area contributed by atoms with Crippen molar-refractivity contribution in [2.24, 2.45) is 0 Å². The third kappa shape index (κ3) is 7.31. The summed E-state index contributed by atoms with van der Waals surface area (Å²) in [4.78, 5) is 56.5. The van der Waals surface area contributed by atoms with Crippen LogP contribution in [0.15, 0.2) is 78.9 Å². The number of ether oxygens (including phenoxy) is 1. The summed E-state index contributed by atoms with van der Waals surface area (Å²) in [6.45, 7) is 0.349. The number of carbonyl (C=O) groups is 4. The molecule has 0 bridgehead atoms. The minimum atomic E-state index is -0.734. The van der Waals surface area contributed by atoms with Crippen LogP contribution in [0.4, 0.5) is 0 Å². The van der Waals surface area contributed by atoms with Crippen LogP contribution in [0, 0.1) is 0 Å². The fourth-order valence-electron chi connectivity index (χ4n) is 6.04. The number of methoxy groups -OCH3 is 1. The second kappa shape index (κ2) is 14.1. The highest BCUT2D eigenvalue weighted by molar-refractivity contribution is 6.21. The molecule has 0 spiro atoms. The Balaban J connectivity index is 1.37. The van der Waals surface area contributed by atoms with Gasteiger partial charge in [0.2, 0.25) is 11.8 Å². The Morgan fingerprint density at radius 3 is 2.21 bits per heavy atom. The van der Waals surface area contributed by atoms with E-state index in [4.69, 9.17) is 4.74 Å². The molecule has 4 amide bonds. The highest BCUT2D eigenvalue weighted by Gasteiger charge is 2.36. The van der Waals surface area contributed by atoms with Gasteiger partial charge in [0.05, 0.1) is 18.2 Å². The third-order valence-electron chi connectivity index (χ3n) is 8.36. The first-order valence-electron chi connectivity index (χ1n) is 15.2. The van der Waals surface area contributed by atoms with Crippen molar-refractivity contribution >= 4 is 23.6 Å². The SMILES string of the molecule is COc1cccc(CN(C(=O)CCCN2C(=O)c3ccccc3C2=O)[C@H](Cc2ccccc2)C(=O)NC2CCCCC2)c1. The van der Waals surface area contributed by atoms with Crippen LogP contribution < -0.4 is 10.1 Å². The zero-order valence-electron chi connectivity index (χ0n) is 24.7. The van der Waals surface area contributed by atoms with Crippen LogP contribution >= 0.6 is 0 Å². The quantitative estimate of drug-likeness (QED) is 0.298. The van der Waals surface area contributed by atoms with E-state index in [9.17, 15) is 19.2 Å². The number of nitrogens with one attached hydrogen (secondary N) is 1. The number of hydrogen-bond acceptors (Lipinski definition) is 5. The topological polar surface area (TPSA) is 96.0 Å². The van der Waals surface area contributed by atoms with Gasteiger partial charge in [0, 0.05) is 32.0 Å². The Morgan fingerprint density at radius 2 is 1.53 bits per heavy atom. The molecule has 2 aliphatic rings. The molecular formula is C35H39N3O5. The number of amides is 4. The molecule has 5 rings (SSSR count). The molecule has 8 heteroatoms. The lowest BCUT2D eigenvalue weighted by atomic mass is 9.94. The van der Waals surface area contributed by atoms with Crippen LogP contribution in [-0.4, -0.2) is 59.2 Å². The minimum Gasteiger partial charge on any atom is -0.497 e. The molecule has 1 saturated carbocycles. The van der Waals surface area contributed by atoms with Crippen molar-refractivity contribution in [3.8, 4) is 5.75 Å². The number of imide groups is 1. The standard InChI is InChI=1S/C35H39N3O5/c1-43-28-17-10-14-26(22-28)24-38(32(39)20-11-21-37-34(41)29-18-8-9-19-30(29)35(37)42)31(23-25-12-4-2-5-13-25)33(40)36-27-15-6-3-7-16-27/h2,4-5,8-10,12-14,17-19,22,27,31H,3,6-7,11,15-16,20-21,23-24H2,1H3,(H,36,40)/t31-/m1/s1. The average molecular weight is 582 g/mol. The first-order chi connectivity index (χ1) is 20.9. The molecule has 0 saturated heterocycles. The summed E-state index contributed by atoms with van der Waals surface area (Å²) in [5.74, 6) is -0.376. The van der Waals surface area contributed by atoms with Gasteiger partial charge in [-0.1, -0.05) is 73.9 Å². The van der Waals surface area contributed by atoms with Crippen molar-refractivity contribution < 1.29 is 23.9 Å². The van der Waals surface area contributed by atoms with Gasteiger partial charge in [0.25, 0.3) is 11.8 Å². The lowest BCUT2D eigenvalue weighted by Crippen LogP contribution is -2.52. The smallest absolute Gasteiger partial charge is 0.261 e. The molecule has 1 atom stereocenters. The summed E-state index contributed by atoms with van der Waals surface area (Å²) in [6.07, 6.45) is 5.96. The molecule has 43 heavy (non-hydrogen) atoms. The lowest BCUT2D eigenvalue weighted by Gasteiger charge is -2.33. The molecule has 0 aromatic heterocycles. The van der Waals surface area contributed by atoms with E-state index in [1.165, 1.54) is 11.3 Å². The highest BCUT2D eigenvalue weighted by Crippen LogP contribution is 2.24. The molecule has 3 aromatic carbocycles. The van der Waals surface area contributed by atoms with Gasteiger partial charge in [-0.3, -0.25) is 24.1 Å². The zero-order chi connectivity index (χ0) is 30.2. The molecular weight excluding hydrogens is 542 g/mol. The minimum absolute atomic E-state index is 0.0827. The van der Waals surface area contributed by atoms with Gasteiger partial charge in [-0.2, -0.15) is 0 Å². The molecule has 0 unspecified atom stereocenters. The number of fused-ring (bicyclic) bond motifs is 1. The molecule has 1 N–H and O–H groups in total. The van der Waals surface area contributed by atoms with Gasteiger partial charge in [0.1, 0.15) is 11.8 Å². The van der Waals surface area contributed by atoms with Gasteiger partial charge in [-0.05, 0) is 54.7 Å². The van der Waals surface area contributed by atoms with E-state index in [0.717, 1.165) is 36.8 Å². The molecule has 3 aromatic rings. The first kappa shape index (κ1) is 30.0. The Hall–Kier alpha value is -4.46. The van der Waals surface area contributed by atoms with Crippen molar-refractivity contribution in [2.75, 3.05) is 13.7 Å². The summed E-state index contributed by atoms with van der Waals surface area (Å²) in [6, 6.07) is 23.4. The molecule has 1 aliphatic heterocycles. The number of carbonyl (C=O) groups excluding carboxylic acids is 4. The van der Waals surface area contributed by atoms with E-state index in [1.807, 2.05) is 54.6 Å². The number of rotatable bonds is 12. The van der Waals surface area contributed by atoms with Crippen molar-refractivity contribution in [1.82, 2.24) is 15.1 Å². The van der Waals surface area contributed by atoms with E-state index in [0.29, 0.717) is 29.7 Å². The maximum atomic E-state index is 14.0. The highest BCUT2D eigenvalue weighted by atomic mass is 16.5. The fourth-order valence-corrected chi connectivity index (χ4v) is 6.04. The zero-order valence-corrected chi connectivity index (χ0v) is 24.7. The van der Waals surface area contributed by atoms with Gasteiger partial charge in [-0.25, -0.2) is 0 Å². The van der Waals surface area contributed by atoms with E-state index < -0.39 is 6.04 Å². The molecule has 1 fully saturated rings. The Kier molecular flexibility index (Phi) is 9.87. The summed E-state index contributed by atoms with van der Waals surface area (Å²) in [7, 11) is 1.59. The summed E-state index contributed by atoms with van der Waals surface area (Å²) >= 11 is 0. The summed E-state index contributed by atoms with van der Waals surface area (Å²) in [5, 5.41) is 3.25. The molecule has 1 heterocycles. The molecule has 0 radical (unpaired) electrons. The van der Waals surface area contributed by atoms with Gasteiger partial charge >= 0.3 is 0 Å². The third-order valence-corrected chi connectivity index (χ3v) is 8.36. The Morgan fingerprint density at radius 1 is 0.884 bits per heavy atom. The van der Waals surface area contributed by atoms with Crippen LogP contribution in [-0.2, 0) is 22.6 Å². The van der Waals surface area contributed by atoms with Gasteiger partial charge < -0.3 is 15.0 Å². The largest absolute Gasteiger partial charge is 0.497 e. The van der Waals surface area contributed by atoms with Crippen molar-refractivity contribution in [2.45, 2.75) is 70.0 Å². The van der Waals surface area contributed by atoms with Crippen molar-refractivity contribution in [1.29, 1.82) is 0 Å². The van der Waals surface area contributed by atoms with Crippen molar-refractivity contribution in [3.63, 3.8) is 0 Å². The second-order valence-electron chi connectivity index (χ2n) is 11.3. The maximum absolute atomic E-state index is 14.0. The van der Waals surface area contributed by atoms with Crippen molar-refractivity contribution in [3.05, 3.63) is 101 Å². The van der Waals surface area contributed by atoms with Crippen LogP contribution in [0.1, 0.15) is 76.8 Å². The van der Waals surface area contributed by atoms with E-state index in [-0.39, 0.29) is 49.2 Å². The normalized spacial score (nSPS) is 15.6. The van der Waals surface area contributed by atoms with Crippen LogP contribution in [0.3, 0.4) is 0 Å². The van der Waals surface area contributed by atoms with E-state index in [1.54, 1.807) is 36.3 Å². The first-order valence-corrected chi connectivity index (χ1v) is 15.2. The maximum Gasteiger partial charge on any atom is 0.261 e.